The fraction of sp³-hybridized carbons (Fsp3) is 0. The van der Waals surface area contributed by atoms with Gasteiger partial charge in [-0.05, 0) is 24.3 Å². The van der Waals surface area contributed by atoms with E-state index in [2.05, 4.69) is 15.4 Å². The van der Waals surface area contributed by atoms with Crippen molar-refractivity contribution < 1.29 is 4.74 Å². The van der Waals surface area contributed by atoms with Crippen LogP contribution in [0.15, 0.2) is 60.8 Å². The van der Waals surface area contributed by atoms with Crippen LogP contribution in [0.1, 0.15) is 0 Å². The molecule has 88 valence electrons. The lowest BCUT2D eigenvalue weighted by molar-refractivity contribution is 0.484. The molecular formula is C14H11N3O. The number of aromatic nitrogens is 3. The van der Waals surface area contributed by atoms with Gasteiger partial charge in [0, 0.05) is 5.56 Å². The standard InChI is InChI=1S/C14H11N3O/c1-2-6-11(7-3-1)18-14-9-5-4-8-12(14)13-10-15-17-16-13/h1-10H,(H,15,16,17). The van der Waals surface area contributed by atoms with Crippen LogP contribution < -0.4 is 4.74 Å². The fourth-order valence-electron chi connectivity index (χ4n) is 1.71. The fourth-order valence-corrected chi connectivity index (χ4v) is 1.71. The Labute approximate surface area is 104 Å². The number of rotatable bonds is 3. The maximum Gasteiger partial charge on any atom is 0.136 e. The average molecular weight is 237 g/mol. The first-order valence-corrected chi connectivity index (χ1v) is 5.61. The Morgan fingerprint density at radius 2 is 1.67 bits per heavy atom. The molecule has 3 aromatic rings. The first kappa shape index (κ1) is 10.5. The molecule has 0 fully saturated rings. The van der Waals surface area contributed by atoms with Crippen molar-refractivity contribution in [3.63, 3.8) is 0 Å². The smallest absolute Gasteiger partial charge is 0.136 e. The number of hydrogen-bond acceptors (Lipinski definition) is 3. The van der Waals surface area contributed by atoms with E-state index in [0.717, 1.165) is 22.8 Å². The van der Waals surface area contributed by atoms with Gasteiger partial charge in [-0.2, -0.15) is 15.4 Å². The summed E-state index contributed by atoms with van der Waals surface area (Å²) in [4.78, 5) is 0. The van der Waals surface area contributed by atoms with Crippen LogP contribution in [0.3, 0.4) is 0 Å². The van der Waals surface area contributed by atoms with Crippen molar-refractivity contribution >= 4 is 0 Å². The molecule has 3 rings (SSSR count). The number of para-hydroxylation sites is 2. The summed E-state index contributed by atoms with van der Waals surface area (Å²) >= 11 is 0. The molecule has 4 heteroatoms. The lowest BCUT2D eigenvalue weighted by atomic mass is 10.1. The number of ether oxygens (including phenoxy) is 1. The summed E-state index contributed by atoms with van der Waals surface area (Å²) in [6.45, 7) is 0. The van der Waals surface area contributed by atoms with Crippen LogP contribution in [-0.2, 0) is 0 Å². The Hall–Kier alpha value is -2.62. The van der Waals surface area contributed by atoms with E-state index in [1.54, 1.807) is 6.20 Å². The van der Waals surface area contributed by atoms with Crippen LogP contribution in [0.25, 0.3) is 11.3 Å². The first-order valence-electron chi connectivity index (χ1n) is 5.61. The monoisotopic (exact) mass is 237 g/mol. The van der Waals surface area contributed by atoms with Gasteiger partial charge in [0.25, 0.3) is 0 Å². The summed E-state index contributed by atoms with van der Waals surface area (Å²) in [5, 5.41) is 10.5. The highest BCUT2D eigenvalue weighted by Gasteiger charge is 2.08. The predicted octanol–water partition coefficient (Wildman–Crippen LogP) is 3.26. The molecule has 0 radical (unpaired) electrons. The maximum atomic E-state index is 5.85. The molecule has 0 saturated heterocycles. The number of hydrogen-bond donors (Lipinski definition) is 1. The van der Waals surface area contributed by atoms with Crippen LogP contribution in [0.5, 0.6) is 11.5 Å². The third kappa shape index (κ3) is 2.08. The third-order valence-corrected chi connectivity index (χ3v) is 2.55. The Morgan fingerprint density at radius 3 is 2.44 bits per heavy atom. The van der Waals surface area contributed by atoms with Gasteiger partial charge < -0.3 is 4.74 Å². The molecule has 4 nitrogen and oxygen atoms in total. The topological polar surface area (TPSA) is 50.8 Å². The van der Waals surface area contributed by atoms with Crippen LogP contribution in [-0.4, -0.2) is 15.4 Å². The highest BCUT2D eigenvalue weighted by Crippen LogP contribution is 2.31. The molecule has 0 unspecified atom stereocenters. The van der Waals surface area contributed by atoms with Gasteiger partial charge in [-0.1, -0.05) is 30.3 Å². The van der Waals surface area contributed by atoms with E-state index in [1.807, 2.05) is 54.6 Å². The van der Waals surface area contributed by atoms with Gasteiger partial charge in [0.1, 0.15) is 17.2 Å². The molecule has 0 aliphatic rings. The van der Waals surface area contributed by atoms with Crippen molar-refractivity contribution in [2.24, 2.45) is 0 Å². The van der Waals surface area contributed by atoms with Gasteiger partial charge >= 0.3 is 0 Å². The molecule has 0 atom stereocenters. The minimum Gasteiger partial charge on any atom is -0.457 e. The molecular weight excluding hydrogens is 226 g/mol. The molecule has 1 N–H and O–H groups in total. The van der Waals surface area contributed by atoms with Crippen LogP contribution >= 0.6 is 0 Å². The highest BCUT2D eigenvalue weighted by atomic mass is 16.5. The Bertz CT molecular complexity index is 621. The van der Waals surface area contributed by atoms with Crippen molar-refractivity contribution in [3.8, 4) is 22.8 Å². The van der Waals surface area contributed by atoms with Gasteiger partial charge in [-0.15, -0.1) is 0 Å². The maximum absolute atomic E-state index is 5.85. The van der Waals surface area contributed by atoms with Gasteiger partial charge in [0.15, 0.2) is 0 Å². The quantitative estimate of drug-likeness (QED) is 0.760. The van der Waals surface area contributed by atoms with Crippen molar-refractivity contribution in [1.29, 1.82) is 0 Å². The van der Waals surface area contributed by atoms with E-state index in [1.165, 1.54) is 0 Å². The second-order valence-corrected chi connectivity index (χ2v) is 3.77. The number of nitrogens with zero attached hydrogens (tertiary/aromatic N) is 2. The van der Waals surface area contributed by atoms with Crippen LogP contribution in [0.2, 0.25) is 0 Å². The minimum absolute atomic E-state index is 0.762. The zero-order valence-corrected chi connectivity index (χ0v) is 9.58. The summed E-state index contributed by atoms with van der Waals surface area (Å²) in [5.74, 6) is 1.56. The molecule has 1 heterocycles. The summed E-state index contributed by atoms with van der Waals surface area (Å²) in [5.41, 5.74) is 1.68. The minimum atomic E-state index is 0.762. The van der Waals surface area contributed by atoms with Gasteiger partial charge in [-0.3, -0.25) is 0 Å². The second kappa shape index (κ2) is 4.71. The van der Waals surface area contributed by atoms with E-state index < -0.39 is 0 Å². The van der Waals surface area contributed by atoms with Gasteiger partial charge in [-0.25, -0.2) is 0 Å². The molecule has 2 aromatic carbocycles. The summed E-state index contributed by atoms with van der Waals surface area (Å²) in [6, 6.07) is 17.4. The Kier molecular flexibility index (Phi) is 2.75. The molecule has 0 aliphatic carbocycles. The number of H-pyrrole nitrogens is 1. The summed E-state index contributed by atoms with van der Waals surface area (Å²) < 4.78 is 5.85. The molecule has 1 aromatic heterocycles. The zero-order chi connectivity index (χ0) is 12.2. The lowest BCUT2D eigenvalue weighted by Crippen LogP contribution is -1.88. The van der Waals surface area contributed by atoms with E-state index >= 15 is 0 Å². The third-order valence-electron chi connectivity index (χ3n) is 2.55. The van der Waals surface area contributed by atoms with Crippen molar-refractivity contribution in [2.75, 3.05) is 0 Å². The SMILES string of the molecule is c1ccc(Oc2ccccc2-c2cn[nH]n2)cc1. The number of benzene rings is 2. The van der Waals surface area contributed by atoms with Crippen LogP contribution in [0.4, 0.5) is 0 Å². The molecule has 0 saturated carbocycles. The molecule has 0 bridgehead atoms. The highest BCUT2D eigenvalue weighted by molar-refractivity contribution is 5.66. The molecule has 0 amide bonds. The van der Waals surface area contributed by atoms with Gasteiger partial charge in [0.2, 0.25) is 0 Å². The second-order valence-electron chi connectivity index (χ2n) is 3.77. The van der Waals surface area contributed by atoms with E-state index in [-0.39, 0.29) is 0 Å². The van der Waals surface area contributed by atoms with E-state index in [9.17, 15) is 0 Å². The molecule has 18 heavy (non-hydrogen) atoms. The zero-order valence-electron chi connectivity index (χ0n) is 9.58. The number of aromatic amines is 1. The summed E-state index contributed by atoms with van der Waals surface area (Å²) in [7, 11) is 0. The molecule has 0 aliphatic heterocycles. The molecule has 0 spiro atoms. The Morgan fingerprint density at radius 1 is 0.889 bits per heavy atom. The Balaban J connectivity index is 1.98. The van der Waals surface area contributed by atoms with E-state index in [4.69, 9.17) is 4.74 Å². The normalized spacial score (nSPS) is 10.2. The van der Waals surface area contributed by atoms with E-state index in [0.29, 0.717) is 0 Å². The number of nitrogens with one attached hydrogen (secondary N) is 1. The van der Waals surface area contributed by atoms with Crippen molar-refractivity contribution in [1.82, 2.24) is 15.4 Å². The predicted molar refractivity (Wildman–Crippen MR) is 68.3 cm³/mol. The largest absolute Gasteiger partial charge is 0.457 e. The summed E-state index contributed by atoms with van der Waals surface area (Å²) in [6.07, 6.45) is 1.67. The van der Waals surface area contributed by atoms with Gasteiger partial charge in [0.05, 0.1) is 6.20 Å². The van der Waals surface area contributed by atoms with Crippen LogP contribution in [0, 0.1) is 0 Å². The lowest BCUT2D eigenvalue weighted by Gasteiger charge is -2.08. The first-order chi connectivity index (χ1) is 8.93. The van der Waals surface area contributed by atoms with Crippen molar-refractivity contribution in [3.05, 3.63) is 60.8 Å². The van der Waals surface area contributed by atoms with Crippen molar-refractivity contribution in [2.45, 2.75) is 0 Å². The average Bonchev–Trinajstić information content (AvgIpc) is 2.94.